The van der Waals surface area contributed by atoms with Crippen molar-refractivity contribution in [2.45, 2.75) is 24.7 Å². The minimum atomic E-state index is -3.61. The number of hydrogen-bond donors (Lipinski definition) is 1. The van der Waals surface area contributed by atoms with Crippen molar-refractivity contribution >= 4 is 15.7 Å². The summed E-state index contributed by atoms with van der Waals surface area (Å²) in [6, 6.07) is 17.1. The van der Waals surface area contributed by atoms with Crippen LogP contribution in [-0.2, 0) is 16.4 Å². The highest BCUT2D eigenvalue weighted by Gasteiger charge is 2.08. The number of nitrogens with zero attached hydrogens (tertiary/aromatic N) is 1. The van der Waals surface area contributed by atoms with E-state index in [2.05, 4.69) is 24.0 Å². The first-order valence-electron chi connectivity index (χ1n) is 7.42. The van der Waals surface area contributed by atoms with E-state index in [1.807, 2.05) is 30.3 Å². The average Bonchev–Trinajstić information content (AvgIpc) is 2.52. The van der Waals surface area contributed by atoms with E-state index < -0.39 is 10.0 Å². The summed E-state index contributed by atoms with van der Waals surface area (Å²) >= 11 is 0. The lowest BCUT2D eigenvalue weighted by Gasteiger charge is -2.24. The van der Waals surface area contributed by atoms with Gasteiger partial charge in [-0.3, -0.25) is 0 Å². The zero-order valence-electron chi connectivity index (χ0n) is 12.8. The van der Waals surface area contributed by atoms with Crippen LogP contribution in [0.5, 0.6) is 0 Å². The molecule has 0 spiro atoms. The van der Waals surface area contributed by atoms with E-state index in [1.54, 1.807) is 12.1 Å². The van der Waals surface area contributed by atoms with E-state index in [1.165, 1.54) is 5.69 Å². The Morgan fingerprint density at radius 2 is 1.59 bits per heavy atom. The number of anilines is 1. The quantitative estimate of drug-likeness (QED) is 0.854. The van der Waals surface area contributed by atoms with Gasteiger partial charge in [0.15, 0.2) is 0 Å². The topological polar surface area (TPSA) is 63.4 Å². The van der Waals surface area contributed by atoms with Gasteiger partial charge in [-0.05, 0) is 42.7 Å². The first kappa shape index (κ1) is 16.5. The molecule has 0 unspecified atom stereocenters. The Morgan fingerprint density at radius 3 is 2.14 bits per heavy atom. The highest BCUT2D eigenvalue weighted by molar-refractivity contribution is 7.89. The molecule has 0 aliphatic heterocycles. The molecule has 2 aromatic carbocycles. The predicted molar refractivity (Wildman–Crippen MR) is 90.5 cm³/mol. The standard InChI is InChI=1S/C17H22N2O2S/c1-2-13-19(16-6-4-3-5-7-16)14-12-15-8-10-17(11-9-15)22(18,20)21/h3-11H,2,12-14H2,1H3,(H2,18,20,21). The fourth-order valence-corrected chi connectivity index (χ4v) is 2.90. The minimum Gasteiger partial charge on any atom is -0.371 e. The van der Waals surface area contributed by atoms with Crippen molar-refractivity contribution in [3.8, 4) is 0 Å². The smallest absolute Gasteiger partial charge is 0.238 e. The van der Waals surface area contributed by atoms with Crippen LogP contribution in [-0.4, -0.2) is 21.5 Å². The molecule has 2 rings (SSSR count). The summed E-state index contributed by atoms with van der Waals surface area (Å²) in [6.45, 7) is 4.06. The third-order valence-corrected chi connectivity index (χ3v) is 4.47. The molecular formula is C17H22N2O2S. The summed E-state index contributed by atoms with van der Waals surface area (Å²) in [5.41, 5.74) is 2.31. The first-order chi connectivity index (χ1) is 10.5. The van der Waals surface area contributed by atoms with Crippen LogP contribution in [0, 0.1) is 0 Å². The average molecular weight is 318 g/mol. The van der Waals surface area contributed by atoms with Crippen LogP contribution < -0.4 is 10.0 Å². The normalized spacial score (nSPS) is 11.4. The molecule has 5 heteroatoms. The van der Waals surface area contributed by atoms with Gasteiger partial charge in [-0.1, -0.05) is 37.3 Å². The monoisotopic (exact) mass is 318 g/mol. The van der Waals surface area contributed by atoms with Gasteiger partial charge in [-0.2, -0.15) is 0 Å². The number of sulfonamides is 1. The number of rotatable bonds is 7. The maximum atomic E-state index is 11.3. The van der Waals surface area contributed by atoms with Crippen LogP contribution in [0.15, 0.2) is 59.5 Å². The van der Waals surface area contributed by atoms with Gasteiger partial charge in [-0.15, -0.1) is 0 Å². The number of nitrogens with two attached hydrogens (primary N) is 1. The van der Waals surface area contributed by atoms with E-state index >= 15 is 0 Å². The van der Waals surface area contributed by atoms with Gasteiger partial charge in [0.05, 0.1) is 4.90 Å². The number of benzene rings is 2. The van der Waals surface area contributed by atoms with E-state index in [0.717, 1.165) is 31.5 Å². The molecule has 0 aliphatic rings. The van der Waals surface area contributed by atoms with Crippen LogP contribution in [0.2, 0.25) is 0 Å². The molecule has 0 amide bonds. The molecule has 0 radical (unpaired) electrons. The molecule has 118 valence electrons. The van der Waals surface area contributed by atoms with E-state index in [4.69, 9.17) is 5.14 Å². The zero-order valence-corrected chi connectivity index (χ0v) is 13.6. The zero-order chi connectivity index (χ0) is 16.0. The van der Waals surface area contributed by atoms with Gasteiger partial charge >= 0.3 is 0 Å². The Hall–Kier alpha value is -1.85. The molecule has 2 N–H and O–H groups in total. The van der Waals surface area contributed by atoms with Crippen molar-refractivity contribution in [1.82, 2.24) is 0 Å². The second-order valence-corrected chi connectivity index (χ2v) is 6.82. The Bertz CT molecular complexity index is 682. The lowest BCUT2D eigenvalue weighted by atomic mass is 10.1. The largest absolute Gasteiger partial charge is 0.371 e. The molecule has 0 aromatic heterocycles. The van der Waals surface area contributed by atoms with Crippen molar-refractivity contribution < 1.29 is 8.42 Å². The van der Waals surface area contributed by atoms with Crippen LogP contribution >= 0.6 is 0 Å². The van der Waals surface area contributed by atoms with Crippen molar-refractivity contribution in [3.63, 3.8) is 0 Å². The third kappa shape index (κ3) is 4.58. The maximum Gasteiger partial charge on any atom is 0.238 e. The molecule has 4 nitrogen and oxygen atoms in total. The highest BCUT2D eigenvalue weighted by Crippen LogP contribution is 2.15. The second kappa shape index (κ2) is 7.42. The molecule has 0 saturated heterocycles. The van der Waals surface area contributed by atoms with Gasteiger partial charge in [-0.25, -0.2) is 13.6 Å². The molecule has 0 atom stereocenters. The Labute approximate surface area is 132 Å². The van der Waals surface area contributed by atoms with Crippen molar-refractivity contribution in [2.75, 3.05) is 18.0 Å². The lowest BCUT2D eigenvalue weighted by molar-refractivity contribution is 0.598. The summed E-state index contributed by atoms with van der Waals surface area (Å²) in [7, 11) is -3.61. The summed E-state index contributed by atoms with van der Waals surface area (Å²) in [5, 5.41) is 5.11. The van der Waals surface area contributed by atoms with Crippen LogP contribution in [0.1, 0.15) is 18.9 Å². The van der Waals surface area contributed by atoms with Crippen molar-refractivity contribution in [1.29, 1.82) is 0 Å². The van der Waals surface area contributed by atoms with Crippen LogP contribution in [0.25, 0.3) is 0 Å². The summed E-state index contributed by atoms with van der Waals surface area (Å²) in [4.78, 5) is 2.50. The van der Waals surface area contributed by atoms with Gasteiger partial charge in [0.25, 0.3) is 0 Å². The molecule has 0 fully saturated rings. The Balaban J connectivity index is 2.04. The Kier molecular flexibility index (Phi) is 5.57. The molecule has 22 heavy (non-hydrogen) atoms. The second-order valence-electron chi connectivity index (χ2n) is 5.26. The number of para-hydroxylation sites is 1. The van der Waals surface area contributed by atoms with Gasteiger partial charge in [0, 0.05) is 18.8 Å². The highest BCUT2D eigenvalue weighted by atomic mass is 32.2. The van der Waals surface area contributed by atoms with Crippen LogP contribution in [0.3, 0.4) is 0 Å². The third-order valence-electron chi connectivity index (χ3n) is 3.54. The van der Waals surface area contributed by atoms with E-state index in [-0.39, 0.29) is 4.90 Å². The Morgan fingerprint density at radius 1 is 0.955 bits per heavy atom. The summed E-state index contributed by atoms with van der Waals surface area (Å²) in [6.07, 6.45) is 1.94. The van der Waals surface area contributed by atoms with Gasteiger partial charge in [0.1, 0.15) is 0 Å². The number of primary sulfonamides is 1. The molecular weight excluding hydrogens is 296 g/mol. The fraction of sp³-hybridized carbons (Fsp3) is 0.294. The van der Waals surface area contributed by atoms with Crippen molar-refractivity contribution in [2.24, 2.45) is 5.14 Å². The van der Waals surface area contributed by atoms with Gasteiger partial charge < -0.3 is 4.90 Å². The maximum absolute atomic E-state index is 11.3. The SMILES string of the molecule is CCCN(CCc1ccc(S(N)(=O)=O)cc1)c1ccccc1. The molecule has 0 saturated carbocycles. The predicted octanol–water partition coefficient (Wildman–Crippen LogP) is 2.79. The molecule has 0 aliphatic carbocycles. The minimum absolute atomic E-state index is 0.157. The van der Waals surface area contributed by atoms with Crippen LogP contribution in [0.4, 0.5) is 5.69 Å². The molecule has 0 heterocycles. The lowest BCUT2D eigenvalue weighted by Crippen LogP contribution is -2.26. The molecule has 2 aromatic rings. The van der Waals surface area contributed by atoms with Crippen molar-refractivity contribution in [3.05, 3.63) is 60.2 Å². The van der Waals surface area contributed by atoms with E-state index in [9.17, 15) is 8.42 Å². The van der Waals surface area contributed by atoms with E-state index in [0.29, 0.717) is 0 Å². The summed E-state index contributed by atoms with van der Waals surface area (Å²) in [5.74, 6) is 0. The number of hydrogen-bond acceptors (Lipinski definition) is 3. The molecule has 0 bridgehead atoms. The fourth-order valence-electron chi connectivity index (χ4n) is 2.39. The van der Waals surface area contributed by atoms with Gasteiger partial charge in [0.2, 0.25) is 10.0 Å². The first-order valence-corrected chi connectivity index (χ1v) is 8.97. The summed E-state index contributed by atoms with van der Waals surface area (Å²) < 4.78 is 22.5.